The molecule has 0 radical (unpaired) electrons. The van der Waals surface area contributed by atoms with Gasteiger partial charge >= 0.3 is 6.18 Å². The Bertz CT molecular complexity index is 1140. The van der Waals surface area contributed by atoms with E-state index in [1.807, 2.05) is 0 Å². The molecule has 0 aromatic heterocycles. The van der Waals surface area contributed by atoms with Gasteiger partial charge in [0.05, 0.1) is 11.3 Å². The molecule has 32 heavy (non-hydrogen) atoms. The molecule has 3 aromatic carbocycles. The second-order valence-corrected chi connectivity index (χ2v) is 7.64. The van der Waals surface area contributed by atoms with Crippen molar-refractivity contribution in [2.24, 2.45) is 0 Å². The average molecular weight is 484 g/mol. The van der Waals surface area contributed by atoms with Crippen molar-refractivity contribution >= 4 is 40.1 Å². The van der Waals surface area contributed by atoms with Crippen molar-refractivity contribution in [3.8, 4) is 16.9 Å². The number of carbonyl (C=O) groups excluding carboxylic acids is 1. The van der Waals surface area contributed by atoms with Crippen molar-refractivity contribution in [3.63, 3.8) is 0 Å². The molecule has 1 atom stereocenters. The van der Waals surface area contributed by atoms with Gasteiger partial charge in [-0.2, -0.15) is 13.2 Å². The molecule has 0 saturated heterocycles. The summed E-state index contributed by atoms with van der Waals surface area (Å²) < 4.78 is 61.3. The van der Waals surface area contributed by atoms with Gasteiger partial charge < -0.3 is 15.0 Å². The quantitative estimate of drug-likeness (QED) is 0.220. The van der Waals surface area contributed by atoms with Crippen LogP contribution in [-0.4, -0.2) is 25.8 Å². The van der Waals surface area contributed by atoms with Crippen molar-refractivity contribution in [2.45, 2.75) is 6.18 Å². The number of carbonyl (C=O) groups is 1. The third kappa shape index (κ3) is 5.39. The molecule has 0 aliphatic rings. The molecule has 2 N–H and O–H groups in total. The molecule has 3 rings (SSSR count). The third-order valence-electron chi connectivity index (χ3n) is 4.48. The first-order valence-corrected chi connectivity index (χ1v) is 10.5. The number of benzene rings is 3. The number of halogens is 4. The first-order chi connectivity index (χ1) is 15.1. The third-order valence-corrected chi connectivity index (χ3v) is 5.55. The Morgan fingerprint density at radius 1 is 1.03 bits per heavy atom. The van der Waals surface area contributed by atoms with Gasteiger partial charge in [-0.25, -0.2) is 0 Å². The molecule has 168 valence electrons. The van der Waals surface area contributed by atoms with E-state index in [9.17, 15) is 31.8 Å². The van der Waals surface area contributed by atoms with Crippen LogP contribution < -0.4 is 9.62 Å². The molecule has 0 aliphatic carbocycles. The van der Waals surface area contributed by atoms with Gasteiger partial charge in [0, 0.05) is 22.5 Å². The number of phenolic OH excluding ortho intramolecular Hbond substituents is 1. The number of nitrogens with zero attached hydrogens (tertiary/aromatic N) is 1. The summed E-state index contributed by atoms with van der Waals surface area (Å²) >= 11 is 2.87. The molecule has 1 amide bonds. The van der Waals surface area contributed by atoms with E-state index in [2.05, 4.69) is 5.32 Å². The summed E-state index contributed by atoms with van der Waals surface area (Å²) in [7, 11) is 0. The van der Waals surface area contributed by atoms with E-state index in [4.69, 9.17) is 11.6 Å². The van der Waals surface area contributed by atoms with Crippen LogP contribution in [0.2, 0.25) is 0 Å². The maximum atomic E-state index is 12.7. The fourth-order valence-corrected chi connectivity index (χ4v) is 3.61. The summed E-state index contributed by atoms with van der Waals surface area (Å²) in [5.74, 6) is -0.852. The van der Waals surface area contributed by atoms with E-state index in [1.165, 1.54) is 42.5 Å². The fraction of sp³-hybridized carbons (Fsp3) is 0.0952. The zero-order valence-electron chi connectivity index (χ0n) is 16.1. The van der Waals surface area contributed by atoms with Crippen LogP contribution in [0.3, 0.4) is 0 Å². The minimum atomic E-state index is -4.42. The zero-order valence-corrected chi connectivity index (χ0v) is 17.7. The maximum Gasteiger partial charge on any atom is 0.416 e. The molecule has 1 unspecified atom stereocenters. The average Bonchev–Trinajstić information content (AvgIpc) is 2.76. The van der Waals surface area contributed by atoms with E-state index in [1.54, 1.807) is 12.1 Å². The van der Waals surface area contributed by atoms with Gasteiger partial charge in [-0.05, 0) is 53.6 Å². The van der Waals surface area contributed by atoms with Crippen molar-refractivity contribution < 1.29 is 31.8 Å². The maximum absolute atomic E-state index is 12.7. The van der Waals surface area contributed by atoms with Crippen molar-refractivity contribution in [2.75, 3.05) is 15.6 Å². The molecule has 0 heterocycles. The molecule has 0 bridgehead atoms. The number of phenols is 1. The number of amides is 1. The highest BCUT2D eigenvalue weighted by Crippen LogP contribution is 2.32. The Morgan fingerprint density at radius 2 is 1.59 bits per heavy atom. The summed E-state index contributed by atoms with van der Waals surface area (Å²) in [6.45, 7) is 0. The van der Waals surface area contributed by atoms with E-state index < -0.39 is 34.9 Å². The van der Waals surface area contributed by atoms with Crippen LogP contribution >= 0.6 is 11.6 Å². The molecule has 0 aliphatic heterocycles. The number of nitrogens with one attached hydrogen (secondary N) is 1. The molecule has 6 nitrogen and oxygen atoms in total. The van der Waals surface area contributed by atoms with Gasteiger partial charge in [0.2, 0.25) is 0 Å². The predicted molar refractivity (Wildman–Crippen MR) is 115 cm³/mol. The standard InChI is InChI=1S/C21H16ClF3N2O4S/c22-12-27(32(30)31)18-11-17(9-10-19(18)28)26-20(29)15-3-1-13(2-4-15)14-5-7-16(8-6-14)21(23,24)25/h1-11,28H,12H2,(H,26,29)(H,30,31)/p-1. The number of rotatable bonds is 6. The SMILES string of the molecule is O=C(Nc1ccc(O)c(N(CCl)S(=O)[O-])c1)c1ccc(-c2ccc(C(F)(F)F)cc2)cc1. The van der Waals surface area contributed by atoms with Gasteiger partial charge in [0.1, 0.15) is 11.8 Å². The highest BCUT2D eigenvalue weighted by Gasteiger charge is 2.29. The highest BCUT2D eigenvalue weighted by molar-refractivity contribution is 7.80. The molecule has 0 fully saturated rings. The van der Waals surface area contributed by atoms with Crippen molar-refractivity contribution in [1.82, 2.24) is 0 Å². The van der Waals surface area contributed by atoms with E-state index in [0.29, 0.717) is 15.4 Å². The number of hydrogen-bond donors (Lipinski definition) is 2. The van der Waals surface area contributed by atoms with Crippen LogP contribution in [0, 0.1) is 0 Å². The number of anilines is 2. The van der Waals surface area contributed by atoms with Crippen LogP contribution in [0.4, 0.5) is 24.5 Å². The topological polar surface area (TPSA) is 92.7 Å². The van der Waals surface area contributed by atoms with Gasteiger partial charge in [-0.1, -0.05) is 24.3 Å². The van der Waals surface area contributed by atoms with Gasteiger partial charge in [0.15, 0.2) is 0 Å². The lowest BCUT2D eigenvalue weighted by atomic mass is 10.0. The normalized spacial score (nSPS) is 12.3. The predicted octanol–water partition coefficient (Wildman–Crippen LogP) is 5.13. The number of aromatic hydroxyl groups is 1. The lowest BCUT2D eigenvalue weighted by Crippen LogP contribution is -2.24. The van der Waals surface area contributed by atoms with Crippen LogP contribution in [-0.2, 0) is 17.4 Å². The lowest BCUT2D eigenvalue weighted by Gasteiger charge is -2.24. The molecule has 3 aromatic rings. The Kier molecular flexibility index (Phi) is 7.07. The second-order valence-electron chi connectivity index (χ2n) is 6.53. The summed E-state index contributed by atoms with van der Waals surface area (Å²) in [5.41, 5.74) is 0.799. The van der Waals surface area contributed by atoms with Crippen LogP contribution in [0.1, 0.15) is 15.9 Å². The monoisotopic (exact) mass is 483 g/mol. The Hall–Kier alpha value is -3.08. The van der Waals surface area contributed by atoms with Crippen molar-refractivity contribution in [1.29, 1.82) is 0 Å². The first-order valence-electron chi connectivity index (χ1n) is 8.95. The molecule has 11 heteroatoms. The van der Waals surface area contributed by atoms with Gasteiger partial charge in [0.25, 0.3) is 5.91 Å². The highest BCUT2D eigenvalue weighted by atomic mass is 35.5. The van der Waals surface area contributed by atoms with E-state index in [-0.39, 0.29) is 22.7 Å². The van der Waals surface area contributed by atoms with Gasteiger partial charge in [-0.15, -0.1) is 11.6 Å². The summed E-state index contributed by atoms with van der Waals surface area (Å²) in [6, 6.07) is 14.3. The Balaban J connectivity index is 1.76. The molecular formula is C21H15ClF3N2O4S-. The second kappa shape index (κ2) is 9.60. The largest absolute Gasteiger partial charge is 0.755 e. The van der Waals surface area contributed by atoms with Crippen molar-refractivity contribution in [3.05, 3.63) is 77.9 Å². The molecule has 0 spiro atoms. The van der Waals surface area contributed by atoms with Crippen LogP contribution in [0.25, 0.3) is 11.1 Å². The molecular weight excluding hydrogens is 469 g/mol. The Morgan fingerprint density at radius 3 is 2.09 bits per heavy atom. The summed E-state index contributed by atoms with van der Waals surface area (Å²) in [5, 5.41) is 12.5. The first kappa shape index (κ1) is 23.6. The fourth-order valence-electron chi connectivity index (χ4n) is 2.85. The van der Waals surface area contributed by atoms with Crippen LogP contribution in [0.5, 0.6) is 5.75 Å². The zero-order chi connectivity index (χ0) is 23.5. The minimum absolute atomic E-state index is 0.108. The van der Waals surface area contributed by atoms with E-state index in [0.717, 1.165) is 12.1 Å². The van der Waals surface area contributed by atoms with E-state index >= 15 is 0 Å². The summed E-state index contributed by atoms with van der Waals surface area (Å²) in [6.07, 6.45) is -4.42. The number of hydrogen-bond acceptors (Lipinski definition) is 4. The number of alkyl halides is 4. The lowest BCUT2D eigenvalue weighted by molar-refractivity contribution is -0.137. The smallest absolute Gasteiger partial charge is 0.416 e. The minimum Gasteiger partial charge on any atom is -0.755 e. The molecule has 0 saturated carbocycles. The van der Waals surface area contributed by atoms with Crippen LogP contribution in [0.15, 0.2) is 66.7 Å². The van der Waals surface area contributed by atoms with Gasteiger partial charge in [-0.3, -0.25) is 13.3 Å². The Labute approximate surface area is 188 Å². The summed E-state index contributed by atoms with van der Waals surface area (Å²) in [4.78, 5) is 12.5.